The molecule has 31 heavy (non-hydrogen) atoms. The van der Waals surface area contributed by atoms with Crippen LogP contribution in [0.5, 0.6) is 0 Å². The third kappa shape index (κ3) is 7.22. The fraction of sp³-hybridized carbons (Fsp3) is 0.391. The van der Waals surface area contributed by atoms with Crippen LogP contribution < -0.4 is 5.32 Å². The average molecular weight is 450 g/mol. The molecule has 0 atom stereocenters. The number of carbonyl (C=O) groups excluding carboxylic acids is 1. The number of benzene rings is 2. The SMILES string of the molecule is O=C(O)COCC1CCC(COC(=O)Nc2ccc(-c3ccc(F)c(Cl)c3)cc2)CC1. The highest BCUT2D eigenvalue weighted by Gasteiger charge is 2.22. The highest BCUT2D eigenvalue weighted by molar-refractivity contribution is 6.31. The molecule has 0 bridgehead atoms. The van der Waals surface area contributed by atoms with Crippen molar-refractivity contribution in [1.29, 1.82) is 0 Å². The molecule has 0 unspecified atom stereocenters. The normalized spacial score (nSPS) is 18.4. The monoisotopic (exact) mass is 449 g/mol. The maximum absolute atomic E-state index is 13.3. The number of rotatable bonds is 8. The predicted molar refractivity (Wildman–Crippen MR) is 116 cm³/mol. The molecule has 8 heteroatoms. The number of nitrogens with one attached hydrogen (secondary N) is 1. The Morgan fingerprint density at radius 3 is 2.23 bits per heavy atom. The second-order valence-electron chi connectivity index (χ2n) is 7.73. The lowest BCUT2D eigenvalue weighted by molar-refractivity contribution is -0.142. The quantitative estimate of drug-likeness (QED) is 0.547. The number of amides is 1. The van der Waals surface area contributed by atoms with Gasteiger partial charge in [-0.15, -0.1) is 0 Å². The Kier molecular flexibility index (Phi) is 8.26. The molecule has 1 aliphatic carbocycles. The summed E-state index contributed by atoms with van der Waals surface area (Å²) in [5, 5.41) is 11.4. The van der Waals surface area contributed by atoms with Crippen LogP contribution in [-0.2, 0) is 14.3 Å². The maximum atomic E-state index is 13.3. The van der Waals surface area contributed by atoms with Crippen molar-refractivity contribution in [3.63, 3.8) is 0 Å². The van der Waals surface area contributed by atoms with Gasteiger partial charge in [-0.25, -0.2) is 14.0 Å². The molecule has 2 aromatic rings. The minimum Gasteiger partial charge on any atom is -0.480 e. The highest BCUT2D eigenvalue weighted by Crippen LogP contribution is 2.29. The van der Waals surface area contributed by atoms with Gasteiger partial charge in [0.15, 0.2) is 0 Å². The van der Waals surface area contributed by atoms with Crippen molar-refractivity contribution in [2.45, 2.75) is 25.7 Å². The molecule has 0 heterocycles. The first kappa shape index (κ1) is 23.0. The number of halogens is 2. The van der Waals surface area contributed by atoms with Crippen LogP contribution in [0.4, 0.5) is 14.9 Å². The minimum atomic E-state index is -0.956. The van der Waals surface area contributed by atoms with Crippen LogP contribution >= 0.6 is 11.6 Å². The molecule has 2 N–H and O–H groups in total. The molecule has 6 nitrogen and oxygen atoms in total. The van der Waals surface area contributed by atoms with Crippen LogP contribution in [0.3, 0.4) is 0 Å². The number of anilines is 1. The lowest BCUT2D eigenvalue weighted by Gasteiger charge is -2.27. The van der Waals surface area contributed by atoms with E-state index in [1.807, 2.05) is 12.1 Å². The van der Waals surface area contributed by atoms with Gasteiger partial charge >= 0.3 is 12.1 Å². The van der Waals surface area contributed by atoms with E-state index in [0.29, 0.717) is 30.7 Å². The van der Waals surface area contributed by atoms with E-state index in [1.165, 1.54) is 6.07 Å². The lowest BCUT2D eigenvalue weighted by Crippen LogP contribution is -2.25. The van der Waals surface area contributed by atoms with E-state index in [2.05, 4.69) is 5.32 Å². The van der Waals surface area contributed by atoms with Gasteiger partial charge in [0.1, 0.15) is 12.4 Å². The van der Waals surface area contributed by atoms with E-state index < -0.39 is 17.9 Å². The molecule has 0 radical (unpaired) electrons. The van der Waals surface area contributed by atoms with Gasteiger partial charge in [-0.05, 0) is 72.9 Å². The summed E-state index contributed by atoms with van der Waals surface area (Å²) < 4.78 is 23.8. The molecule has 1 aliphatic rings. The number of hydrogen-bond donors (Lipinski definition) is 2. The van der Waals surface area contributed by atoms with E-state index >= 15 is 0 Å². The fourth-order valence-corrected chi connectivity index (χ4v) is 3.83. The number of hydrogen-bond acceptors (Lipinski definition) is 4. The number of carbonyl (C=O) groups is 2. The van der Waals surface area contributed by atoms with E-state index in [9.17, 15) is 14.0 Å². The molecule has 0 saturated heterocycles. The van der Waals surface area contributed by atoms with Gasteiger partial charge < -0.3 is 14.6 Å². The molecule has 0 spiro atoms. The minimum absolute atomic E-state index is 0.0603. The van der Waals surface area contributed by atoms with Gasteiger partial charge in [0.2, 0.25) is 0 Å². The zero-order valence-electron chi connectivity index (χ0n) is 17.0. The zero-order valence-corrected chi connectivity index (χ0v) is 17.7. The van der Waals surface area contributed by atoms with Gasteiger partial charge in [0.25, 0.3) is 0 Å². The van der Waals surface area contributed by atoms with E-state index in [4.69, 9.17) is 26.2 Å². The summed E-state index contributed by atoms with van der Waals surface area (Å²) in [5.41, 5.74) is 2.23. The van der Waals surface area contributed by atoms with Crippen molar-refractivity contribution in [1.82, 2.24) is 0 Å². The molecule has 0 aromatic heterocycles. The predicted octanol–water partition coefficient (Wildman–Crippen LogP) is 5.60. The smallest absolute Gasteiger partial charge is 0.411 e. The number of carboxylic acid groups (broad SMARTS) is 1. The molecule has 1 fully saturated rings. The van der Waals surface area contributed by atoms with Crippen molar-refractivity contribution in [3.05, 3.63) is 53.3 Å². The van der Waals surface area contributed by atoms with Crippen LogP contribution in [-0.4, -0.2) is 37.0 Å². The van der Waals surface area contributed by atoms with Crippen molar-refractivity contribution >= 4 is 29.4 Å². The van der Waals surface area contributed by atoms with Gasteiger partial charge in [-0.3, -0.25) is 5.32 Å². The van der Waals surface area contributed by atoms with Crippen molar-refractivity contribution in [2.75, 3.05) is 25.1 Å². The van der Waals surface area contributed by atoms with Crippen LogP contribution in [0.15, 0.2) is 42.5 Å². The van der Waals surface area contributed by atoms with Crippen molar-refractivity contribution in [2.24, 2.45) is 11.8 Å². The van der Waals surface area contributed by atoms with Gasteiger partial charge in [0, 0.05) is 5.69 Å². The van der Waals surface area contributed by atoms with Crippen molar-refractivity contribution < 1.29 is 28.6 Å². The molecule has 3 rings (SSSR count). The summed E-state index contributed by atoms with van der Waals surface area (Å²) in [6.07, 6.45) is 3.20. The number of carboxylic acids is 1. The molecule has 166 valence electrons. The second kappa shape index (κ2) is 11.1. The Balaban J connectivity index is 1.39. The average Bonchev–Trinajstić information content (AvgIpc) is 2.75. The Bertz CT molecular complexity index is 897. The summed E-state index contributed by atoms with van der Waals surface area (Å²) in [5.74, 6) is -0.764. The molecule has 1 saturated carbocycles. The maximum Gasteiger partial charge on any atom is 0.411 e. The van der Waals surface area contributed by atoms with Gasteiger partial charge in [0.05, 0.1) is 18.2 Å². The van der Waals surface area contributed by atoms with E-state index in [0.717, 1.165) is 36.8 Å². The summed E-state index contributed by atoms with van der Waals surface area (Å²) in [7, 11) is 0. The van der Waals surface area contributed by atoms with Gasteiger partial charge in [-0.2, -0.15) is 0 Å². The fourth-order valence-electron chi connectivity index (χ4n) is 3.65. The molecular formula is C23H25ClFNO5. The highest BCUT2D eigenvalue weighted by atomic mass is 35.5. The Hall–Kier alpha value is -2.64. The first-order chi connectivity index (χ1) is 14.9. The Morgan fingerprint density at radius 2 is 1.61 bits per heavy atom. The molecule has 2 aromatic carbocycles. The third-order valence-electron chi connectivity index (χ3n) is 5.38. The first-order valence-electron chi connectivity index (χ1n) is 10.2. The second-order valence-corrected chi connectivity index (χ2v) is 8.13. The van der Waals surface area contributed by atoms with Crippen molar-refractivity contribution in [3.8, 4) is 11.1 Å². The largest absolute Gasteiger partial charge is 0.480 e. The summed E-state index contributed by atoms with van der Waals surface area (Å²) in [4.78, 5) is 22.6. The van der Waals surface area contributed by atoms with E-state index in [1.54, 1.807) is 24.3 Å². The standard InChI is InChI=1S/C23H25ClFNO5/c24-20-11-18(7-10-21(20)25)17-5-8-19(9-6-17)26-23(29)31-13-16-3-1-15(2-4-16)12-30-14-22(27)28/h5-11,15-16H,1-4,12-14H2,(H,26,29)(H,27,28). The topological polar surface area (TPSA) is 84.9 Å². The van der Waals surface area contributed by atoms with Crippen LogP contribution in [0.1, 0.15) is 25.7 Å². The Labute approximate surface area is 185 Å². The first-order valence-corrected chi connectivity index (χ1v) is 10.6. The van der Waals surface area contributed by atoms with Crippen LogP contribution in [0.25, 0.3) is 11.1 Å². The summed E-state index contributed by atoms with van der Waals surface area (Å²) in [6, 6.07) is 11.6. The molecule has 1 amide bonds. The van der Waals surface area contributed by atoms with Crippen LogP contribution in [0, 0.1) is 17.7 Å². The third-order valence-corrected chi connectivity index (χ3v) is 5.67. The zero-order chi connectivity index (χ0) is 22.2. The number of ether oxygens (including phenoxy) is 2. The molecule has 0 aliphatic heterocycles. The summed E-state index contributed by atoms with van der Waals surface area (Å²) in [6.45, 7) is 0.545. The lowest BCUT2D eigenvalue weighted by atomic mass is 9.83. The van der Waals surface area contributed by atoms with Crippen LogP contribution in [0.2, 0.25) is 5.02 Å². The number of aliphatic carboxylic acids is 1. The van der Waals surface area contributed by atoms with E-state index in [-0.39, 0.29) is 11.6 Å². The van der Waals surface area contributed by atoms with Gasteiger partial charge in [-0.1, -0.05) is 29.8 Å². The molecular weight excluding hydrogens is 425 g/mol. The summed E-state index contributed by atoms with van der Waals surface area (Å²) >= 11 is 5.83. The Morgan fingerprint density at radius 1 is 1.00 bits per heavy atom.